The number of benzene rings is 3. The molecule has 39 heavy (non-hydrogen) atoms. The number of ether oxygens (including phenoxy) is 2. The lowest BCUT2D eigenvalue weighted by Crippen LogP contribution is -2.44. The van der Waals surface area contributed by atoms with Gasteiger partial charge in [-0.25, -0.2) is 0 Å². The average molecular weight is 524 g/mol. The Morgan fingerprint density at radius 3 is 2.49 bits per heavy atom. The van der Waals surface area contributed by atoms with Crippen LogP contribution in [0.1, 0.15) is 33.1 Å². The summed E-state index contributed by atoms with van der Waals surface area (Å²) in [5.74, 6) is -1.62. The highest BCUT2D eigenvalue weighted by atomic mass is 16.7. The highest BCUT2D eigenvalue weighted by Gasteiger charge is 2.64. The van der Waals surface area contributed by atoms with Crippen molar-refractivity contribution in [3.8, 4) is 11.5 Å². The molecule has 194 valence electrons. The van der Waals surface area contributed by atoms with E-state index in [-0.39, 0.29) is 36.3 Å². The van der Waals surface area contributed by atoms with Crippen molar-refractivity contribution in [2.24, 2.45) is 11.8 Å². The van der Waals surface area contributed by atoms with E-state index in [9.17, 15) is 24.5 Å². The quantitative estimate of drug-likeness (QED) is 0.215. The highest BCUT2D eigenvalue weighted by molar-refractivity contribution is 6.12. The topological polar surface area (TPSA) is 119 Å². The summed E-state index contributed by atoms with van der Waals surface area (Å²) in [5.41, 5.74) is 2.62. The van der Waals surface area contributed by atoms with Gasteiger partial charge in [0.1, 0.15) is 6.04 Å². The number of ketones is 1. The van der Waals surface area contributed by atoms with E-state index in [0.717, 1.165) is 11.1 Å². The predicted molar refractivity (Wildman–Crippen MR) is 136 cm³/mol. The van der Waals surface area contributed by atoms with Crippen molar-refractivity contribution < 1.29 is 28.8 Å². The van der Waals surface area contributed by atoms with Crippen molar-refractivity contribution in [1.29, 1.82) is 0 Å². The molecular weight excluding hydrogens is 502 g/mol. The Kier molecular flexibility index (Phi) is 5.06. The number of nitro benzene ring substituents is 1. The van der Waals surface area contributed by atoms with E-state index in [0.29, 0.717) is 17.1 Å². The minimum absolute atomic E-state index is 0.0456. The van der Waals surface area contributed by atoms with Gasteiger partial charge in [0.2, 0.25) is 18.6 Å². The van der Waals surface area contributed by atoms with Crippen molar-refractivity contribution in [3.63, 3.8) is 0 Å². The number of carbonyl (C=O) groups is 3. The third-order valence-corrected chi connectivity index (χ3v) is 7.96. The molecule has 0 aliphatic carbocycles. The van der Waals surface area contributed by atoms with Gasteiger partial charge in [0.25, 0.3) is 5.69 Å². The van der Waals surface area contributed by atoms with Crippen LogP contribution in [0.25, 0.3) is 6.08 Å². The number of nitrogens with zero attached hydrogens (tertiary/aromatic N) is 3. The number of likely N-dealkylation sites (tertiary alicyclic amines) is 1. The van der Waals surface area contributed by atoms with Gasteiger partial charge in [-0.3, -0.25) is 29.4 Å². The van der Waals surface area contributed by atoms with Crippen LogP contribution < -0.4 is 9.47 Å². The zero-order chi connectivity index (χ0) is 26.8. The molecule has 4 aliphatic heterocycles. The molecule has 0 bridgehead atoms. The van der Waals surface area contributed by atoms with Crippen LogP contribution in [0.2, 0.25) is 0 Å². The van der Waals surface area contributed by atoms with E-state index in [1.165, 1.54) is 29.2 Å². The largest absolute Gasteiger partial charge is 0.454 e. The first-order valence-corrected chi connectivity index (χ1v) is 12.5. The van der Waals surface area contributed by atoms with Crippen molar-refractivity contribution in [2.75, 3.05) is 6.79 Å². The third-order valence-electron chi connectivity index (χ3n) is 7.96. The average Bonchev–Trinajstić information content (AvgIpc) is 3.62. The Balaban J connectivity index is 1.28. The summed E-state index contributed by atoms with van der Waals surface area (Å²) in [6.07, 6.45) is 3.66. The molecule has 2 fully saturated rings. The summed E-state index contributed by atoms with van der Waals surface area (Å²) in [6, 6.07) is 16.8. The molecule has 10 nitrogen and oxygen atoms in total. The SMILES string of the molecule is O=C(c1ccc([N+](=O)[O-])cc1)[C@@H]1[C@@H]2C(=O)N(Cc3ccc4c(c3)OCO4)C(=O)[C@@H]2[C@@H]2c3ccccc3C=CN12. The first kappa shape index (κ1) is 23.2. The highest BCUT2D eigenvalue weighted by Crippen LogP contribution is 2.53. The molecule has 0 unspecified atom stereocenters. The van der Waals surface area contributed by atoms with Gasteiger partial charge in [-0.1, -0.05) is 30.3 Å². The van der Waals surface area contributed by atoms with Crippen molar-refractivity contribution in [1.82, 2.24) is 9.80 Å². The van der Waals surface area contributed by atoms with E-state index in [1.807, 2.05) is 35.2 Å². The summed E-state index contributed by atoms with van der Waals surface area (Å²) in [4.78, 5) is 55.4. The molecule has 4 aliphatic rings. The van der Waals surface area contributed by atoms with Crippen molar-refractivity contribution in [3.05, 3.63) is 105 Å². The smallest absolute Gasteiger partial charge is 0.269 e. The lowest BCUT2D eigenvalue weighted by atomic mass is 9.83. The fourth-order valence-corrected chi connectivity index (χ4v) is 6.21. The first-order valence-electron chi connectivity index (χ1n) is 12.5. The molecule has 0 N–H and O–H groups in total. The standard InChI is InChI=1S/C29H21N3O7/c33-27(18-6-8-19(9-7-18)32(36)37)26-24-23(25-20-4-2-1-3-17(20)11-12-30(25)26)28(34)31(29(24)35)14-16-5-10-21-22(13-16)39-15-38-21/h1-13,23-26H,14-15H2/t23-,24+,25-,26-/m0/s1. The molecule has 4 atom stereocenters. The van der Waals surface area contributed by atoms with E-state index in [4.69, 9.17) is 9.47 Å². The van der Waals surface area contributed by atoms with Crippen LogP contribution in [0.3, 0.4) is 0 Å². The number of Topliss-reactive ketones (excluding diaryl/α,β-unsaturated/α-hetero) is 1. The molecule has 4 heterocycles. The number of hydrogen-bond donors (Lipinski definition) is 0. The molecule has 0 saturated carbocycles. The van der Waals surface area contributed by atoms with Crippen LogP contribution in [0.15, 0.2) is 72.9 Å². The monoisotopic (exact) mass is 523 g/mol. The summed E-state index contributed by atoms with van der Waals surface area (Å²) in [5, 5.41) is 11.1. The second kappa shape index (κ2) is 8.52. The van der Waals surface area contributed by atoms with Gasteiger partial charge in [-0.2, -0.15) is 0 Å². The summed E-state index contributed by atoms with van der Waals surface area (Å²) >= 11 is 0. The predicted octanol–water partition coefficient (Wildman–Crippen LogP) is 3.72. The normalized spacial score (nSPS) is 24.0. The lowest BCUT2D eigenvalue weighted by molar-refractivity contribution is -0.384. The van der Waals surface area contributed by atoms with Gasteiger partial charge in [-0.05, 0) is 47.0 Å². The lowest BCUT2D eigenvalue weighted by Gasteiger charge is -2.35. The second-order valence-electron chi connectivity index (χ2n) is 9.95. The summed E-state index contributed by atoms with van der Waals surface area (Å²) < 4.78 is 10.8. The Morgan fingerprint density at radius 1 is 0.949 bits per heavy atom. The number of imide groups is 1. The molecule has 10 heteroatoms. The molecule has 2 amide bonds. The van der Waals surface area contributed by atoms with Crippen LogP contribution in [-0.4, -0.2) is 45.2 Å². The number of non-ortho nitro benzene ring substituents is 1. The molecule has 0 spiro atoms. The van der Waals surface area contributed by atoms with Crippen LogP contribution in [0, 0.1) is 22.0 Å². The van der Waals surface area contributed by atoms with Gasteiger partial charge in [-0.15, -0.1) is 0 Å². The maximum Gasteiger partial charge on any atom is 0.269 e. The third kappa shape index (κ3) is 3.44. The van der Waals surface area contributed by atoms with Crippen LogP contribution >= 0.6 is 0 Å². The van der Waals surface area contributed by atoms with Gasteiger partial charge < -0.3 is 14.4 Å². The number of hydrogen-bond acceptors (Lipinski definition) is 8. The van der Waals surface area contributed by atoms with Gasteiger partial charge >= 0.3 is 0 Å². The molecular formula is C29H21N3O7. The molecule has 7 rings (SSSR count). The number of amides is 2. The van der Waals surface area contributed by atoms with Crippen LogP contribution in [-0.2, 0) is 16.1 Å². The van der Waals surface area contributed by atoms with Gasteiger partial charge in [0.05, 0.1) is 29.3 Å². The minimum Gasteiger partial charge on any atom is -0.454 e. The fraction of sp³-hybridized carbons (Fsp3) is 0.207. The van der Waals surface area contributed by atoms with E-state index in [2.05, 4.69) is 0 Å². The molecule has 3 aromatic rings. The van der Waals surface area contributed by atoms with Crippen molar-refractivity contribution >= 4 is 29.4 Å². The van der Waals surface area contributed by atoms with Crippen LogP contribution in [0.5, 0.6) is 11.5 Å². The van der Waals surface area contributed by atoms with E-state index >= 15 is 0 Å². The van der Waals surface area contributed by atoms with Crippen molar-refractivity contribution in [2.45, 2.75) is 18.6 Å². The Hall–Kier alpha value is -4.99. The zero-order valence-corrected chi connectivity index (χ0v) is 20.4. The van der Waals surface area contributed by atoms with E-state index < -0.39 is 34.7 Å². The molecule has 0 aromatic heterocycles. The molecule has 2 saturated heterocycles. The first-order chi connectivity index (χ1) is 18.9. The Morgan fingerprint density at radius 2 is 1.69 bits per heavy atom. The summed E-state index contributed by atoms with van der Waals surface area (Å²) in [6.45, 7) is 0.158. The second-order valence-corrected chi connectivity index (χ2v) is 9.95. The Bertz CT molecular complexity index is 1600. The Labute approximate surface area is 222 Å². The van der Waals surface area contributed by atoms with Gasteiger partial charge in [0, 0.05) is 23.9 Å². The molecule has 3 aromatic carbocycles. The fourth-order valence-electron chi connectivity index (χ4n) is 6.21. The van der Waals surface area contributed by atoms with Crippen LogP contribution in [0.4, 0.5) is 5.69 Å². The zero-order valence-electron chi connectivity index (χ0n) is 20.4. The van der Waals surface area contributed by atoms with E-state index in [1.54, 1.807) is 24.4 Å². The van der Waals surface area contributed by atoms with Gasteiger partial charge in [0.15, 0.2) is 17.3 Å². The number of rotatable bonds is 5. The maximum absolute atomic E-state index is 13.9. The number of carbonyl (C=O) groups excluding carboxylic acids is 3. The summed E-state index contributed by atoms with van der Waals surface area (Å²) in [7, 11) is 0. The number of nitro groups is 1. The number of fused-ring (bicyclic) bond motifs is 6. The maximum atomic E-state index is 13.9. The molecule has 0 radical (unpaired) electrons. The minimum atomic E-state index is -0.940.